The van der Waals surface area contributed by atoms with E-state index in [1.807, 2.05) is 36.6 Å². The number of aliphatic hydroxyl groups is 2. The van der Waals surface area contributed by atoms with Gasteiger partial charge in [-0.1, -0.05) is 30.3 Å². The van der Waals surface area contributed by atoms with E-state index in [4.69, 9.17) is 0 Å². The summed E-state index contributed by atoms with van der Waals surface area (Å²) in [6, 6.07) is 7.51. The maximum Gasteiger partial charge on any atom is 0.271 e. The van der Waals surface area contributed by atoms with Crippen LogP contribution in [0.1, 0.15) is 29.4 Å². The first kappa shape index (κ1) is 28.1. The van der Waals surface area contributed by atoms with Crippen LogP contribution in [0, 0.1) is 0 Å². The first-order chi connectivity index (χ1) is 16.0. The molecule has 0 aliphatic carbocycles. The van der Waals surface area contributed by atoms with Crippen LogP contribution < -0.4 is 15.4 Å². The highest BCUT2D eigenvalue weighted by Crippen LogP contribution is 2.18. The minimum absolute atomic E-state index is 0.0308. The van der Waals surface area contributed by atoms with Crippen molar-refractivity contribution in [1.29, 1.82) is 0 Å². The molecule has 1 heterocycles. The summed E-state index contributed by atoms with van der Waals surface area (Å²) in [5.74, 6) is -0.320. The second-order valence-corrected chi connectivity index (χ2v) is 11.3. The van der Waals surface area contributed by atoms with Gasteiger partial charge in [-0.3, -0.25) is 14.3 Å². The van der Waals surface area contributed by atoms with E-state index in [2.05, 4.69) is 20.3 Å². The standard InChI is InChI=1S/C21H30N4O6S3/c1-13(26)22-15(9-10-32-2)18(27)19(28)16(11-14-7-5-4-6-8-14)23-20(29)17-12-33-21(24-17)25-34(3,30)31/h4-8,12,15-16,18-19,27-28H,9-11H2,1-3H3,(H,22,26)(H,23,29)(H,24,25)/t15-,16+,18-,19-/m1/s1. The Balaban J connectivity index is 2.24. The van der Waals surface area contributed by atoms with Crippen molar-refractivity contribution < 1.29 is 28.2 Å². The van der Waals surface area contributed by atoms with Crippen LogP contribution in [-0.4, -0.2) is 78.0 Å². The number of anilines is 1. The fraction of sp³-hybridized carbons (Fsp3) is 0.476. The summed E-state index contributed by atoms with van der Waals surface area (Å²) in [7, 11) is -3.55. The molecule has 0 radical (unpaired) electrons. The largest absolute Gasteiger partial charge is 0.388 e. The van der Waals surface area contributed by atoms with Gasteiger partial charge in [-0.2, -0.15) is 11.8 Å². The van der Waals surface area contributed by atoms with Gasteiger partial charge in [-0.25, -0.2) is 13.4 Å². The molecule has 0 bridgehead atoms. The predicted molar refractivity (Wildman–Crippen MR) is 135 cm³/mol. The molecule has 0 saturated heterocycles. The zero-order valence-electron chi connectivity index (χ0n) is 19.1. The fourth-order valence-electron chi connectivity index (χ4n) is 3.26. The van der Waals surface area contributed by atoms with Gasteiger partial charge in [0.1, 0.15) is 17.9 Å². The highest BCUT2D eigenvalue weighted by molar-refractivity contribution is 7.98. The number of aromatic nitrogens is 1. The van der Waals surface area contributed by atoms with E-state index in [0.29, 0.717) is 12.2 Å². The Morgan fingerprint density at radius 3 is 2.35 bits per heavy atom. The second-order valence-electron chi connectivity index (χ2n) is 7.75. The Kier molecular flexibility index (Phi) is 10.8. The molecule has 2 rings (SSSR count). The topological polar surface area (TPSA) is 158 Å². The van der Waals surface area contributed by atoms with Crippen LogP contribution in [-0.2, 0) is 21.2 Å². The number of hydrogen-bond donors (Lipinski definition) is 5. The average Bonchev–Trinajstić information content (AvgIpc) is 3.22. The third-order valence-electron chi connectivity index (χ3n) is 4.82. The van der Waals surface area contributed by atoms with Gasteiger partial charge in [0.25, 0.3) is 5.91 Å². The van der Waals surface area contributed by atoms with Crippen molar-refractivity contribution in [2.24, 2.45) is 0 Å². The van der Waals surface area contributed by atoms with Gasteiger partial charge in [0, 0.05) is 12.3 Å². The number of nitrogens with one attached hydrogen (secondary N) is 3. The van der Waals surface area contributed by atoms with Gasteiger partial charge >= 0.3 is 0 Å². The van der Waals surface area contributed by atoms with E-state index >= 15 is 0 Å². The van der Waals surface area contributed by atoms with Crippen molar-refractivity contribution in [1.82, 2.24) is 15.6 Å². The van der Waals surface area contributed by atoms with Crippen LogP contribution in [0.25, 0.3) is 0 Å². The smallest absolute Gasteiger partial charge is 0.271 e. The van der Waals surface area contributed by atoms with E-state index in [-0.39, 0.29) is 23.2 Å². The lowest BCUT2D eigenvalue weighted by Crippen LogP contribution is -2.56. The first-order valence-electron chi connectivity index (χ1n) is 10.4. The van der Waals surface area contributed by atoms with Gasteiger partial charge in [0.05, 0.1) is 18.3 Å². The van der Waals surface area contributed by atoms with Gasteiger partial charge < -0.3 is 20.8 Å². The normalized spacial score (nSPS) is 15.1. The van der Waals surface area contributed by atoms with Crippen LogP contribution in [0.2, 0.25) is 0 Å². The van der Waals surface area contributed by atoms with Gasteiger partial charge in [-0.15, -0.1) is 11.3 Å². The molecular formula is C21H30N4O6S3. The van der Waals surface area contributed by atoms with Crippen molar-refractivity contribution in [2.75, 3.05) is 23.0 Å². The quantitative estimate of drug-likeness (QED) is 0.255. The fourth-order valence-corrected chi connectivity index (χ4v) is 5.29. The van der Waals surface area contributed by atoms with Crippen molar-refractivity contribution in [3.8, 4) is 0 Å². The molecule has 188 valence electrons. The third kappa shape index (κ3) is 9.22. The molecule has 34 heavy (non-hydrogen) atoms. The van der Waals surface area contributed by atoms with Crippen molar-refractivity contribution >= 4 is 50.1 Å². The number of rotatable bonds is 13. The van der Waals surface area contributed by atoms with E-state index in [9.17, 15) is 28.2 Å². The summed E-state index contributed by atoms with van der Waals surface area (Å²) >= 11 is 2.49. The van der Waals surface area contributed by atoms with E-state index in [1.54, 1.807) is 11.8 Å². The predicted octanol–water partition coefficient (Wildman–Crippen LogP) is 0.835. The SMILES string of the molecule is CSCC[C@@H](NC(C)=O)[C@@H](O)[C@H](O)[C@H](Cc1ccccc1)NC(=O)c1csc(NS(C)(=O)=O)n1. The molecule has 0 saturated carbocycles. The molecule has 0 spiro atoms. The monoisotopic (exact) mass is 530 g/mol. The number of thioether (sulfide) groups is 1. The summed E-state index contributed by atoms with van der Waals surface area (Å²) < 4.78 is 25.0. The number of sulfonamides is 1. The average molecular weight is 531 g/mol. The van der Waals surface area contributed by atoms with Gasteiger partial charge in [0.2, 0.25) is 15.9 Å². The zero-order chi connectivity index (χ0) is 25.3. The summed E-state index contributed by atoms with van der Waals surface area (Å²) in [5.41, 5.74) is 0.786. The Labute approximate surface area is 207 Å². The van der Waals surface area contributed by atoms with Crippen LogP contribution in [0.5, 0.6) is 0 Å². The summed E-state index contributed by atoms with van der Waals surface area (Å²) in [5, 5.41) is 28.8. The highest BCUT2D eigenvalue weighted by Gasteiger charge is 2.34. The minimum atomic E-state index is -3.55. The summed E-state index contributed by atoms with van der Waals surface area (Å²) in [6.07, 6.45) is 0.756. The molecule has 0 unspecified atom stereocenters. The lowest BCUT2D eigenvalue weighted by Gasteiger charge is -2.32. The number of aliphatic hydroxyl groups excluding tert-OH is 2. The van der Waals surface area contributed by atoms with Crippen molar-refractivity contribution in [2.45, 2.75) is 44.1 Å². The number of thiazole rings is 1. The summed E-state index contributed by atoms with van der Waals surface area (Å²) in [4.78, 5) is 28.5. The number of carbonyl (C=O) groups is 2. The molecule has 4 atom stereocenters. The van der Waals surface area contributed by atoms with Crippen LogP contribution >= 0.6 is 23.1 Å². The molecule has 0 aliphatic rings. The van der Waals surface area contributed by atoms with Gasteiger partial charge in [0.15, 0.2) is 5.13 Å². The van der Waals surface area contributed by atoms with E-state index in [0.717, 1.165) is 23.2 Å². The lowest BCUT2D eigenvalue weighted by molar-refractivity contribution is -0.121. The first-order valence-corrected chi connectivity index (χ1v) is 14.6. The van der Waals surface area contributed by atoms with E-state index in [1.165, 1.54) is 12.3 Å². The molecule has 13 heteroatoms. The second kappa shape index (κ2) is 13.0. The van der Waals surface area contributed by atoms with Crippen LogP contribution in [0.15, 0.2) is 35.7 Å². The molecule has 0 aliphatic heterocycles. The van der Waals surface area contributed by atoms with Gasteiger partial charge in [-0.05, 0) is 30.4 Å². The Bertz CT molecular complexity index is 1050. The molecule has 10 nitrogen and oxygen atoms in total. The number of amides is 2. The van der Waals surface area contributed by atoms with Crippen LogP contribution in [0.4, 0.5) is 5.13 Å². The molecular weight excluding hydrogens is 500 g/mol. The summed E-state index contributed by atoms with van der Waals surface area (Å²) in [6.45, 7) is 1.33. The highest BCUT2D eigenvalue weighted by atomic mass is 32.2. The van der Waals surface area contributed by atoms with Crippen LogP contribution in [0.3, 0.4) is 0 Å². The number of hydrogen-bond acceptors (Lipinski definition) is 9. The zero-order valence-corrected chi connectivity index (χ0v) is 21.5. The lowest BCUT2D eigenvalue weighted by atomic mass is 9.93. The molecule has 5 N–H and O–H groups in total. The Hall–Kier alpha value is -2.19. The Morgan fingerprint density at radius 2 is 1.76 bits per heavy atom. The maximum absolute atomic E-state index is 12.9. The number of benzene rings is 1. The third-order valence-corrected chi connectivity index (χ3v) is 6.92. The molecule has 2 aromatic rings. The number of nitrogens with zero attached hydrogens (tertiary/aromatic N) is 1. The number of carbonyl (C=O) groups excluding carboxylic acids is 2. The van der Waals surface area contributed by atoms with Crippen molar-refractivity contribution in [3.63, 3.8) is 0 Å². The molecule has 0 fully saturated rings. The minimum Gasteiger partial charge on any atom is -0.388 e. The van der Waals surface area contributed by atoms with Crippen molar-refractivity contribution in [3.05, 3.63) is 47.0 Å². The Morgan fingerprint density at radius 1 is 1.12 bits per heavy atom. The molecule has 2 amide bonds. The molecule has 1 aromatic heterocycles. The maximum atomic E-state index is 12.9. The van der Waals surface area contributed by atoms with E-state index < -0.39 is 40.2 Å². The molecule has 1 aromatic carbocycles.